The average Bonchev–Trinajstić information content (AvgIpc) is 2.47. The molecule has 2 rings (SSSR count). The second-order valence-corrected chi connectivity index (χ2v) is 6.27. The van der Waals surface area contributed by atoms with Crippen molar-refractivity contribution in [2.45, 2.75) is 45.4 Å². The molecule has 0 spiro atoms. The summed E-state index contributed by atoms with van der Waals surface area (Å²) in [6, 6.07) is 7.06. The summed E-state index contributed by atoms with van der Waals surface area (Å²) in [5, 5.41) is 11.0. The molecule has 1 aromatic carbocycles. The molecule has 0 aliphatic heterocycles. The molecular weight excluding hydrogens is 252 g/mol. The van der Waals surface area contributed by atoms with E-state index in [-0.39, 0.29) is 16.0 Å². The highest BCUT2D eigenvalue weighted by molar-refractivity contribution is 5.39. The van der Waals surface area contributed by atoms with E-state index in [9.17, 15) is 10.1 Å². The van der Waals surface area contributed by atoms with Crippen molar-refractivity contribution in [1.82, 2.24) is 0 Å². The van der Waals surface area contributed by atoms with E-state index >= 15 is 0 Å². The van der Waals surface area contributed by atoms with Gasteiger partial charge >= 0.3 is 0 Å². The lowest BCUT2D eigenvalue weighted by Gasteiger charge is -2.38. The van der Waals surface area contributed by atoms with E-state index in [1.807, 2.05) is 12.1 Å². The Bertz CT molecular complexity index is 465. The minimum atomic E-state index is -0.284. The summed E-state index contributed by atoms with van der Waals surface area (Å²) < 4.78 is 0. The maximum absolute atomic E-state index is 11.0. The van der Waals surface area contributed by atoms with Gasteiger partial charge in [0.1, 0.15) is 0 Å². The van der Waals surface area contributed by atoms with Crippen LogP contribution in [0.5, 0.6) is 0 Å². The van der Waals surface area contributed by atoms with Gasteiger partial charge in [0.25, 0.3) is 5.69 Å². The number of benzene rings is 1. The topological polar surface area (TPSA) is 69.2 Å². The van der Waals surface area contributed by atoms with Crippen molar-refractivity contribution in [2.24, 2.45) is 17.1 Å². The zero-order valence-corrected chi connectivity index (χ0v) is 12.2. The number of nitrogens with zero attached hydrogens (tertiary/aromatic N) is 1. The number of para-hydroxylation sites is 1. The fourth-order valence-electron chi connectivity index (χ4n) is 3.23. The van der Waals surface area contributed by atoms with Crippen LogP contribution < -0.4 is 5.73 Å². The van der Waals surface area contributed by atoms with E-state index in [1.54, 1.807) is 12.1 Å². The first kappa shape index (κ1) is 15.0. The van der Waals surface area contributed by atoms with Crippen LogP contribution in [0, 0.1) is 21.4 Å². The molecule has 0 heterocycles. The lowest BCUT2D eigenvalue weighted by molar-refractivity contribution is -0.385. The number of nitro benzene ring substituents is 1. The monoisotopic (exact) mass is 276 g/mol. The molecule has 0 radical (unpaired) electrons. The molecule has 1 aromatic rings. The summed E-state index contributed by atoms with van der Waals surface area (Å²) in [6.07, 6.45) is 6.49. The van der Waals surface area contributed by atoms with Gasteiger partial charge in [-0.25, -0.2) is 0 Å². The Balaban J connectivity index is 2.05. The molecule has 0 aromatic heterocycles. The molecule has 0 bridgehead atoms. The van der Waals surface area contributed by atoms with Gasteiger partial charge in [-0.1, -0.05) is 38.0 Å². The molecule has 0 unspecified atom stereocenters. The van der Waals surface area contributed by atoms with Crippen LogP contribution in [0.3, 0.4) is 0 Å². The van der Waals surface area contributed by atoms with Crippen molar-refractivity contribution in [1.29, 1.82) is 0 Å². The molecule has 0 saturated heterocycles. The Labute approximate surface area is 120 Å². The predicted octanol–water partition coefficient (Wildman–Crippen LogP) is 3.68. The van der Waals surface area contributed by atoms with Crippen molar-refractivity contribution in [3.63, 3.8) is 0 Å². The van der Waals surface area contributed by atoms with Gasteiger partial charge in [0.2, 0.25) is 0 Å². The molecule has 2 N–H and O–H groups in total. The highest BCUT2D eigenvalue weighted by Crippen LogP contribution is 2.41. The molecule has 1 aliphatic carbocycles. The maximum atomic E-state index is 11.0. The summed E-state index contributed by atoms with van der Waals surface area (Å²) >= 11 is 0. The van der Waals surface area contributed by atoms with Crippen molar-refractivity contribution < 1.29 is 4.92 Å². The van der Waals surface area contributed by atoms with Crippen molar-refractivity contribution in [3.05, 3.63) is 39.9 Å². The third-order valence-corrected chi connectivity index (χ3v) is 4.88. The van der Waals surface area contributed by atoms with Gasteiger partial charge in [-0.3, -0.25) is 10.1 Å². The Morgan fingerprint density at radius 3 is 2.60 bits per heavy atom. The van der Waals surface area contributed by atoms with Crippen molar-refractivity contribution >= 4 is 5.69 Å². The lowest BCUT2D eigenvalue weighted by Crippen LogP contribution is -2.35. The average molecular weight is 276 g/mol. The number of aryl methyl sites for hydroxylation is 1. The fraction of sp³-hybridized carbons (Fsp3) is 0.625. The number of nitro groups is 1. The quantitative estimate of drug-likeness (QED) is 0.658. The summed E-state index contributed by atoms with van der Waals surface area (Å²) in [7, 11) is 0. The predicted molar refractivity (Wildman–Crippen MR) is 80.5 cm³/mol. The van der Waals surface area contributed by atoms with Crippen LogP contribution >= 0.6 is 0 Å². The van der Waals surface area contributed by atoms with E-state index in [2.05, 4.69) is 6.92 Å². The van der Waals surface area contributed by atoms with Gasteiger partial charge in [0.15, 0.2) is 0 Å². The zero-order valence-electron chi connectivity index (χ0n) is 12.2. The molecule has 1 fully saturated rings. The van der Waals surface area contributed by atoms with Gasteiger partial charge < -0.3 is 5.73 Å². The number of rotatable bonds is 5. The van der Waals surface area contributed by atoms with Crippen molar-refractivity contribution in [3.8, 4) is 0 Å². The van der Waals surface area contributed by atoms with Gasteiger partial charge in [-0.05, 0) is 43.6 Å². The molecule has 0 amide bonds. The molecule has 4 heteroatoms. The van der Waals surface area contributed by atoms with Crippen molar-refractivity contribution in [2.75, 3.05) is 6.54 Å². The highest BCUT2D eigenvalue weighted by atomic mass is 16.6. The van der Waals surface area contributed by atoms with Crippen LogP contribution in [0.25, 0.3) is 0 Å². The summed E-state index contributed by atoms with van der Waals surface area (Å²) in [6.45, 7) is 2.99. The normalized spacial score (nSPS) is 26.4. The summed E-state index contributed by atoms with van der Waals surface area (Å²) in [5.74, 6) is 0.792. The zero-order chi connectivity index (χ0) is 14.6. The van der Waals surface area contributed by atoms with Crippen LogP contribution in [-0.4, -0.2) is 11.5 Å². The second-order valence-electron chi connectivity index (χ2n) is 6.27. The van der Waals surface area contributed by atoms with Gasteiger partial charge in [-0.2, -0.15) is 0 Å². The first-order valence-corrected chi connectivity index (χ1v) is 7.49. The SMILES string of the molecule is CC1CCC(CN)(CCc2ccccc2[N+](=O)[O-])CC1. The van der Waals surface area contributed by atoms with Crippen LogP contribution in [0.2, 0.25) is 0 Å². The first-order chi connectivity index (χ1) is 9.56. The number of nitrogens with two attached hydrogens (primary N) is 1. The maximum Gasteiger partial charge on any atom is 0.272 e. The molecule has 20 heavy (non-hydrogen) atoms. The van der Waals surface area contributed by atoms with Crippen LogP contribution in [0.4, 0.5) is 5.69 Å². The Kier molecular flexibility index (Phi) is 4.76. The largest absolute Gasteiger partial charge is 0.330 e. The summed E-state index contributed by atoms with van der Waals surface area (Å²) in [4.78, 5) is 10.8. The Hall–Kier alpha value is -1.42. The van der Waals surface area contributed by atoms with Gasteiger partial charge in [0.05, 0.1) is 4.92 Å². The molecular formula is C16H24N2O2. The third kappa shape index (κ3) is 3.37. The minimum absolute atomic E-state index is 0.191. The smallest absolute Gasteiger partial charge is 0.272 e. The van der Waals surface area contributed by atoms with Gasteiger partial charge in [-0.15, -0.1) is 0 Å². The molecule has 1 aliphatic rings. The van der Waals surface area contributed by atoms with Crippen LogP contribution in [0.15, 0.2) is 24.3 Å². The molecule has 110 valence electrons. The molecule has 0 atom stereocenters. The fourth-order valence-corrected chi connectivity index (χ4v) is 3.23. The third-order valence-electron chi connectivity index (χ3n) is 4.88. The molecule has 1 saturated carbocycles. The second kappa shape index (κ2) is 6.35. The Morgan fingerprint density at radius 2 is 2.00 bits per heavy atom. The van der Waals surface area contributed by atoms with E-state index in [4.69, 9.17) is 5.73 Å². The Morgan fingerprint density at radius 1 is 1.35 bits per heavy atom. The van der Waals surface area contributed by atoms with Crippen LogP contribution in [0.1, 0.15) is 44.6 Å². The highest BCUT2D eigenvalue weighted by Gasteiger charge is 2.33. The van der Waals surface area contributed by atoms with Gasteiger partial charge in [0, 0.05) is 11.6 Å². The lowest BCUT2D eigenvalue weighted by atomic mass is 9.68. The standard InChI is InChI=1S/C16H24N2O2/c1-13-6-9-16(12-17,10-7-13)11-8-14-4-2-3-5-15(14)18(19)20/h2-5,13H,6-12,17H2,1H3. The van der Waals surface area contributed by atoms with E-state index < -0.39 is 0 Å². The van der Waals surface area contributed by atoms with Crippen LogP contribution in [-0.2, 0) is 6.42 Å². The van der Waals surface area contributed by atoms with E-state index in [0.717, 1.165) is 37.2 Å². The summed E-state index contributed by atoms with van der Waals surface area (Å²) in [5.41, 5.74) is 7.28. The van der Waals surface area contributed by atoms with E-state index in [1.165, 1.54) is 12.8 Å². The van der Waals surface area contributed by atoms with E-state index in [0.29, 0.717) is 6.54 Å². The number of hydrogen-bond acceptors (Lipinski definition) is 3. The molecule has 4 nitrogen and oxygen atoms in total. The number of hydrogen-bond donors (Lipinski definition) is 1. The minimum Gasteiger partial charge on any atom is -0.330 e. The first-order valence-electron chi connectivity index (χ1n) is 7.49.